The molecule has 0 unspecified atom stereocenters. The highest BCUT2D eigenvalue weighted by atomic mass is 35.5. The predicted molar refractivity (Wildman–Crippen MR) is 106 cm³/mol. The smallest absolute Gasteiger partial charge is 0.136 e. The molecule has 0 aromatic heterocycles. The van der Waals surface area contributed by atoms with Gasteiger partial charge < -0.3 is 0 Å². The predicted octanol–water partition coefficient (Wildman–Crippen LogP) is 5.65. The molecular formula is C20H41ClN2O. The summed E-state index contributed by atoms with van der Waals surface area (Å²) >= 11 is 0. The van der Waals surface area contributed by atoms with Gasteiger partial charge in [-0.1, -0.05) is 77.6 Å². The Bertz CT molecular complexity index is 291. The summed E-state index contributed by atoms with van der Waals surface area (Å²) in [6.07, 6.45) is 19.0. The quantitative estimate of drug-likeness (QED) is 0.321. The van der Waals surface area contributed by atoms with Crippen LogP contribution in [0.4, 0.5) is 0 Å². The minimum absolute atomic E-state index is 0. The van der Waals surface area contributed by atoms with Gasteiger partial charge in [-0.05, 0) is 19.3 Å². The molecule has 4 heteroatoms. The first kappa shape index (κ1) is 23.9. The van der Waals surface area contributed by atoms with Gasteiger partial charge in [0.25, 0.3) is 0 Å². The average molecular weight is 361 g/mol. The molecular weight excluding hydrogens is 320 g/mol. The number of hydrazine groups is 1. The zero-order valence-corrected chi connectivity index (χ0v) is 16.8. The van der Waals surface area contributed by atoms with Crippen LogP contribution in [0.5, 0.6) is 0 Å². The van der Waals surface area contributed by atoms with Crippen LogP contribution >= 0.6 is 12.4 Å². The largest absolute Gasteiger partial charge is 0.299 e. The third-order valence-electron chi connectivity index (χ3n) is 5.26. The number of hydrogen-bond acceptors (Lipinski definition) is 3. The Balaban J connectivity index is 0.00000529. The first-order valence-electron chi connectivity index (χ1n) is 10.3. The van der Waals surface area contributed by atoms with Crippen LogP contribution < -0.4 is 5.84 Å². The van der Waals surface area contributed by atoms with Gasteiger partial charge in [-0.25, -0.2) is 5.01 Å². The Hall–Kier alpha value is -0.120. The molecule has 24 heavy (non-hydrogen) atoms. The van der Waals surface area contributed by atoms with Crippen LogP contribution in [0, 0.1) is 5.92 Å². The van der Waals surface area contributed by atoms with E-state index in [9.17, 15) is 4.79 Å². The Labute approximate surface area is 156 Å². The first-order chi connectivity index (χ1) is 11.2. The Morgan fingerprint density at radius 1 is 0.833 bits per heavy atom. The number of carbonyl (C=O) groups excluding carboxylic acids is 1. The van der Waals surface area contributed by atoms with Crippen molar-refractivity contribution in [1.82, 2.24) is 5.01 Å². The highest BCUT2D eigenvalue weighted by Crippen LogP contribution is 2.19. The van der Waals surface area contributed by atoms with E-state index in [-0.39, 0.29) is 12.4 Å². The van der Waals surface area contributed by atoms with Gasteiger partial charge in [0.2, 0.25) is 0 Å². The molecule has 0 spiro atoms. The third-order valence-corrected chi connectivity index (χ3v) is 5.26. The minimum atomic E-state index is 0. The molecule has 1 aliphatic rings. The van der Waals surface area contributed by atoms with Gasteiger partial charge in [0.15, 0.2) is 0 Å². The number of carbonyl (C=O) groups is 1. The van der Waals surface area contributed by atoms with Crippen LogP contribution in [0.2, 0.25) is 0 Å². The third kappa shape index (κ3) is 12.3. The number of nitrogens with zero attached hydrogens (tertiary/aromatic N) is 1. The second-order valence-corrected chi connectivity index (χ2v) is 7.42. The van der Waals surface area contributed by atoms with Crippen molar-refractivity contribution in [3.05, 3.63) is 0 Å². The van der Waals surface area contributed by atoms with Crippen molar-refractivity contribution in [3.63, 3.8) is 0 Å². The molecule has 0 amide bonds. The van der Waals surface area contributed by atoms with Gasteiger partial charge in [-0.2, -0.15) is 0 Å². The molecule has 1 aliphatic heterocycles. The highest BCUT2D eigenvalue weighted by Gasteiger charge is 2.22. The van der Waals surface area contributed by atoms with E-state index in [1.54, 1.807) is 0 Å². The number of Topliss-reactive ketones (excluding diaryl/α,β-unsaturated/α-hetero) is 1. The SMILES string of the molecule is CCCCCCCCCCCCCCC(=O)C1CCN(N)CC1.Cl. The summed E-state index contributed by atoms with van der Waals surface area (Å²) in [5.41, 5.74) is 0. The summed E-state index contributed by atoms with van der Waals surface area (Å²) in [5, 5.41) is 1.84. The van der Waals surface area contributed by atoms with Crippen LogP contribution in [0.25, 0.3) is 0 Å². The lowest BCUT2D eigenvalue weighted by molar-refractivity contribution is -0.124. The number of unbranched alkanes of at least 4 members (excludes halogenated alkanes) is 11. The molecule has 0 aliphatic carbocycles. The summed E-state index contributed by atoms with van der Waals surface area (Å²) in [5.74, 6) is 6.52. The van der Waals surface area contributed by atoms with E-state index in [1.807, 2.05) is 5.01 Å². The van der Waals surface area contributed by atoms with E-state index in [0.717, 1.165) is 38.8 Å². The summed E-state index contributed by atoms with van der Waals surface area (Å²) in [4.78, 5) is 12.1. The van der Waals surface area contributed by atoms with Crippen molar-refractivity contribution in [3.8, 4) is 0 Å². The van der Waals surface area contributed by atoms with Crippen LogP contribution in [0.15, 0.2) is 0 Å². The molecule has 0 aromatic rings. The van der Waals surface area contributed by atoms with Gasteiger partial charge in [-0.15, -0.1) is 12.4 Å². The molecule has 1 rings (SSSR count). The number of piperidine rings is 1. The maximum absolute atomic E-state index is 12.1. The molecule has 1 fully saturated rings. The van der Waals surface area contributed by atoms with Crippen LogP contribution in [-0.2, 0) is 4.79 Å². The molecule has 1 heterocycles. The van der Waals surface area contributed by atoms with Crippen LogP contribution in [-0.4, -0.2) is 23.9 Å². The molecule has 2 N–H and O–H groups in total. The van der Waals surface area contributed by atoms with Crippen molar-refractivity contribution in [2.75, 3.05) is 13.1 Å². The molecule has 0 atom stereocenters. The maximum atomic E-state index is 12.1. The zero-order valence-electron chi connectivity index (χ0n) is 15.9. The summed E-state index contributed by atoms with van der Waals surface area (Å²) < 4.78 is 0. The Morgan fingerprint density at radius 3 is 1.71 bits per heavy atom. The molecule has 3 nitrogen and oxygen atoms in total. The van der Waals surface area contributed by atoms with Gasteiger partial charge in [0.1, 0.15) is 5.78 Å². The van der Waals surface area contributed by atoms with Gasteiger partial charge >= 0.3 is 0 Å². The number of hydrogen-bond donors (Lipinski definition) is 1. The number of ketones is 1. The topological polar surface area (TPSA) is 46.3 Å². The lowest BCUT2D eigenvalue weighted by atomic mass is 9.90. The lowest BCUT2D eigenvalue weighted by Gasteiger charge is -2.27. The fourth-order valence-electron chi connectivity index (χ4n) is 3.57. The normalized spacial score (nSPS) is 16.1. The van der Waals surface area contributed by atoms with Crippen molar-refractivity contribution >= 4 is 18.2 Å². The number of rotatable bonds is 14. The fourth-order valence-corrected chi connectivity index (χ4v) is 3.57. The minimum Gasteiger partial charge on any atom is -0.299 e. The highest BCUT2D eigenvalue weighted by molar-refractivity contribution is 5.85. The van der Waals surface area contributed by atoms with Crippen LogP contribution in [0.1, 0.15) is 103 Å². The van der Waals surface area contributed by atoms with E-state index in [4.69, 9.17) is 5.84 Å². The van der Waals surface area contributed by atoms with Crippen molar-refractivity contribution in [2.24, 2.45) is 11.8 Å². The van der Waals surface area contributed by atoms with Gasteiger partial charge in [0.05, 0.1) is 0 Å². The Kier molecular flexibility index (Phi) is 16.3. The average Bonchev–Trinajstić information content (AvgIpc) is 2.56. The van der Waals surface area contributed by atoms with E-state index in [0.29, 0.717) is 11.7 Å². The summed E-state index contributed by atoms with van der Waals surface area (Å²) in [6.45, 7) is 4.04. The van der Waals surface area contributed by atoms with E-state index < -0.39 is 0 Å². The van der Waals surface area contributed by atoms with Crippen molar-refractivity contribution in [2.45, 2.75) is 103 Å². The maximum Gasteiger partial charge on any atom is 0.136 e. The summed E-state index contributed by atoms with van der Waals surface area (Å²) in [7, 11) is 0. The fraction of sp³-hybridized carbons (Fsp3) is 0.950. The Morgan fingerprint density at radius 2 is 1.25 bits per heavy atom. The van der Waals surface area contributed by atoms with E-state index in [1.165, 1.54) is 70.6 Å². The van der Waals surface area contributed by atoms with Crippen molar-refractivity contribution in [1.29, 1.82) is 0 Å². The molecule has 0 radical (unpaired) electrons. The second kappa shape index (κ2) is 16.4. The molecule has 144 valence electrons. The van der Waals surface area contributed by atoms with Crippen LogP contribution in [0.3, 0.4) is 0 Å². The molecule has 0 aromatic carbocycles. The summed E-state index contributed by atoms with van der Waals surface area (Å²) in [6, 6.07) is 0. The van der Waals surface area contributed by atoms with E-state index >= 15 is 0 Å². The van der Waals surface area contributed by atoms with Gasteiger partial charge in [0, 0.05) is 25.4 Å². The first-order valence-corrected chi connectivity index (χ1v) is 10.3. The molecule has 0 saturated carbocycles. The van der Waals surface area contributed by atoms with Crippen molar-refractivity contribution < 1.29 is 4.79 Å². The zero-order chi connectivity index (χ0) is 16.8. The standard InChI is InChI=1S/C20H40N2O.ClH/c1-2-3-4-5-6-7-8-9-10-11-12-13-14-20(23)19-15-17-22(21)18-16-19;/h19H,2-18,21H2,1H3;1H. The van der Waals surface area contributed by atoms with Gasteiger partial charge in [-0.3, -0.25) is 10.6 Å². The number of nitrogens with two attached hydrogens (primary N) is 1. The van der Waals surface area contributed by atoms with E-state index in [2.05, 4.69) is 6.92 Å². The monoisotopic (exact) mass is 360 g/mol. The molecule has 1 saturated heterocycles. The lowest BCUT2D eigenvalue weighted by Crippen LogP contribution is -2.40. The molecule has 0 bridgehead atoms. The number of halogens is 1. The second-order valence-electron chi connectivity index (χ2n) is 7.42.